The fourth-order valence-corrected chi connectivity index (χ4v) is 6.06. The van der Waals surface area contributed by atoms with E-state index in [0.717, 1.165) is 44.2 Å². The predicted molar refractivity (Wildman–Crippen MR) is 144 cm³/mol. The van der Waals surface area contributed by atoms with Crippen LogP contribution in [-0.2, 0) is 6.42 Å². The van der Waals surface area contributed by atoms with Crippen molar-refractivity contribution in [3.63, 3.8) is 0 Å². The average molecular weight is 541 g/mol. The highest BCUT2D eigenvalue weighted by Crippen LogP contribution is 2.39. The summed E-state index contributed by atoms with van der Waals surface area (Å²) in [6, 6.07) is 10.8. The van der Waals surface area contributed by atoms with Gasteiger partial charge >= 0.3 is 0 Å². The van der Waals surface area contributed by atoms with E-state index in [0.29, 0.717) is 30.3 Å². The van der Waals surface area contributed by atoms with Crippen LogP contribution >= 0.6 is 0 Å². The summed E-state index contributed by atoms with van der Waals surface area (Å²) in [4.78, 5) is 26.5. The van der Waals surface area contributed by atoms with E-state index in [1.165, 1.54) is 6.20 Å². The molecule has 0 amide bonds. The van der Waals surface area contributed by atoms with Crippen LogP contribution in [0.25, 0.3) is 32.9 Å². The molecule has 0 aliphatic carbocycles. The van der Waals surface area contributed by atoms with Crippen molar-refractivity contribution in [2.75, 3.05) is 33.5 Å². The lowest BCUT2D eigenvalue weighted by Gasteiger charge is -2.31. The van der Waals surface area contributed by atoms with Gasteiger partial charge in [0, 0.05) is 18.2 Å². The second-order valence-corrected chi connectivity index (χ2v) is 10.1. The normalized spacial score (nSPS) is 17.2. The van der Waals surface area contributed by atoms with Crippen molar-refractivity contribution in [2.45, 2.75) is 43.8 Å². The van der Waals surface area contributed by atoms with Crippen molar-refractivity contribution >= 4 is 21.7 Å². The summed E-state index contributed by atoms with van der Waals surface area (Å²) in [6.07, 6.45) is 4.15. The molecule has 0 radical (unpaired) electrons. The number of benzene rings is 2. The minimum Gasteiger partial charge on any atom is -0.463 e. The number of nitrogens with zero attached hydrogens (tertiary/aromatic N) is 3. The highest BCUT2D eigenvalue weighted by atomic mass is 19.1. The average Bonchev–Trinajstić information content (AvgIpc) is 3.54. The van der Waals surface area contributed by atoms with Crippen LogP contribution in [0, 0.1) is 5.82 Å². The molecule has 10 heteroatoms. The largest absolute Gasteiger partial charge is 0.463 e. The molecule has 39 heavy (non-hydrogen) atoms. The highest BCUT2D eigenvalue weighted by Gasteiger charge is 2.45. The molecule has 0 bridgehead atoms. The maximum Gasteiger partial charge on any atom is 0.297 e. The van der Waals surface area contributed by atoms with Gasteiger partial charge in [-0.3, -0.25) is 24.1 Å². The molecule has 6 rings (SSSR count). The number of H-pyrrole nitrogens is 1. The molecule has 2 aromatic carbocycles. The molecule has 0 spiro atoms. The standard InChI is InChI=1S/C28H28F2N4O3.CH3F/c29-19(15-35)13-18-7-1-5-17-6-2-8-20(22(17)18)24-23(30)25-21(14-31-24)26(36)33-27(32-25)37-16-28-9-3-11-34(28)12-4-10-28;1-2/h1-2,5-8,14,19,35H,3-4,9-13,15-16H2,(H,32,33,36);1H3. The molecule has 2 fully saturated rings. The number of aliphatic hydroxyl groups is 1. The van der Waals surface area contributed by atoms with Gasteiger partial charge in [-0.05, 0) is 55.1 Å². The number of aromatic amines is 1. The van der Waals surface area contributed by atoms with E-state index in [1.807, 2.05) is 12.1 Å². The molecule has 1 atom stereocenters. The molecule has 7 nitrogen and oxygen atoms in total. The zero-order valence-electron chi connectivity index (χ0n) is 21.7. The molecule has 2 aliphatic rings. The van der Waals surface area contributed by atoms with Gasteiger partial charge in [-0.15, -0.1) is 0 Å². The number of nitrogens with one attached hydrogen (secondary N) is 1. The van der Waals surface area contributed by atoms with Gasteiger partial charge in [0.1, 0.15) is 24.0 Å². The lowest BCUT2D eigenvalue weighted by Crippen LogP contribution is -2.43. The van der Waals surface area contributed by atoms with E-state index < -0.39 is 24.2 Å². The van der Waals surface area contributed by atoms with E-state index in [2.05, 4.69) is 19.9 Å². The summed E-state index contributed by atoms with van der Waals surface area (Å²) in [6.45, 7) is 1.88. The molecule has 1 unspecified atom stereocenters. The third-order valence-electron chi connectivity index (χ3n) is 7.85. The zero-order valence-corrected chi connectivity index (χ0v) is 21.7. The van der Waals surface area contributed by atoms with Crippen LogP contribution in [0.4, 0.5) is 13.2 Å². The quantitative estimate of drug-likeness (QED) is 0.352. The minimum atomic E-state index is -1.44. The van der Waals surface area contributed by atoms with Crippen molar-refractivity contribution < 1.29 is 23.0 Å². The number of halogens is 3. The lowest BCUT2D eigenvalue weighted by atomic mass is 9.94. The second-order valence-electron chi connectivity index (χ2n) is 10.1. The number of aromatic nitrogens is 3. The van der Waals surface area contributed by atoms with E-state index in [9.17, 15) is 18.7 Å². The summed E-state index contributed by atoms with van der Waals surface area (Å²) in [5.41, 5.74) is 0.434. The van der Waals surface area contributed by atoms with E-state index in [1.54, 1.807) is 24.3 Å². The van der Waals surface area contributed by atoms with Crippen LogP contribution in [-0.4, -0.2) is 70.1 Å². The van der Waals surface area contributed by atoms with Gasteiger partial charge < -0.3 is 9.84 Å². The van der Waals surface area contributed by atoms with Crippen LogP contribution in [0.3, 0.4) is 0 Å². The number of fused-ring (bicyclic) bond motifs is 3. The van der Waals surface area contributed by atoms with Crippen molar-refractivity contribution in [1.29, 1.82) is 0 Å². The molecule has 2 aromatic heterocycles. The first-order valence-corrected chi connectivity index (χ1v) is 13.1. The van der Waals surface area contributed by atoms with Gasteiger partial charge in [0.2, 0.25) is 0 Å². The Balaban J connectivity index is 0.00000151. The molecule has 2 saturated heterocycles. The molecule has 4 aromatic rings. The minimum absolute atomic E-state index is 0.0106. The van der Waals surface area contributed by atoms with E-state index in [4.69, 9.17) is 4.74 Å². The first-order valence-electron chi connectivity index (χ1n) is 13.1. The van der Waals surface area contributed by atoms with Crippen LogP contribution < -0.4 is 10.3 Å². The molecule has 206 valence electrons. The third kappa shape index (κ3) is 4.98. The topological polar surface area (TPSA) is 91.3 Å². The number of ether oxygens (including phenoxy) is 1. The SMILES string of the molecule is CF.O=c1[nH]c(OCC23CCCN2CCC3)nc2c(F)c(-c3cccc4cccc(CC(F)CO)c34)ncc12. The first-order chi connectivity index (χ1) is 19.0. The van der Waals surface area contributed by atoms with Gasteiger partial charge in [0.05, 0.1) is 24.7 Å². The first kappa shape index (κ1) is 27.1. The summed E-state index contributed by atoms with van der Waals surface area (Å²) in [7, 11) is 0.500. The fourth-order valence-electron chi connectivity index (χ4n) is 6.06. The summed E-state index contributed by atoms with van der Waals surface area (Å²) < 4.78 is 45.6. The number of aliphatic hydroxyl groups excluding tert-OH is 1. The molecule has 0 saturated carbocycles. The van der Waals surface area contributed by atoms with Crippen molar-refractivity contribution in [1.82, 2.24) is 19.9 Å². The number of hydrogen-bond donors (Lipinski definition) is 2. The van der Waals surface area contributed by atoms with Gasteiger partial charge in [-0.25, -0.2) is 8.78 Å². The Hall–Kier alpha value is -3.50. The zero-order chi connectivity index (χ0) is 27.6. The number of pyridine rings is 1. The second kappa shape index (κ2) is 11.3. The monoisotopic (exact) mass is 540 g/mol. The molecule has 4 heterocycles. The number of alkyl halides is 2. The smallest absolute Gasteiger partial charge is 0.297 e. The Kier molecular flexibility index (Phi) is 7.86. The van der Waals surface area contributed by atoms with Gasteiger partial charge in [-0.2, -0.15) is 4.98 Å². The summed E-state index contributed by atoms with van der Waals surface area (Å²) in [5.74, 6) is -0.740. The third-order valence-corrected chi connectivity index (χ3v) is 7.85. The summed E-state index contributed by atoms with van der Waals surface area (Å²) in [5, 5.41) is 10.7. The van der Waals surface area contributed by atoms with Crippen molar-refractivity contribution in [2.24, 2.45) is 0 Å². The number of hydrogen-bond acceptors (Lipinski definition) is 6. The van der Waals surface area contributed by atoms with Gasteiger partial charge in [-0.1, -0.05) is 36.4 Å². The van der Waals surface area contributed by atoms with Gasteiger partial charge in [0.25, 0.3) is 11.6 Å². The molecule has 2 aliphatic heterocycles. The van der Waals surface area contributed by atoms with Gasteiger partial charge in [0.15, 0.2) is 5.82 Å². The predicted octanol–water partition coefficient (Wildman–Crippen LogP) is 4.74. The Bertz CT molecular complexity index is 1530. The lowest BCUT2D eigenvalue weighted by molar-refractivity contribution is 0.107. The van der Waals surface area contributed by atoms with E-state index in [-0.39, 0.29) is 34.6 Å². The van der Waals surface area contributed by atoms with E-state index >= 15 is 4.39 Å². The highest BCUT2D eigenvalue weighted by molar-refractivity contribution is 5.99. The van der Waals surface area contributed by atoms with Crippen molar-refractivity contribution in [3.05, 3.63) is 64.3 Å². The summed E-state index contributed by atoms with van der Waals surface area (Å²) >= 11 is 0. The van der Waals surface area contributed by atoms with Crippen LogP contribution in [0.15, 0.2) is 47.4 Å². The van der Waals surface area contributed by atoms with Crippen LogP contribution in [0.2, 0.25) is 0 Å². The Labute approximate surface area is 223 Å². The molecular weight excluding hydrogens is 509 g/mol. The Morgan fingerprint density at radius 2 is 1.87 bits per heavy atom. The van der Waals surface area contributed by atoms with Crippen LogP contribution in [0.1, 0.15) is 31.2 Å². The van der Waals surface area contributed by atoms with Crippen LogP contribution in [0.5, 0.6) is 6.01 Å². The van der Waals surface area contributed by atoms with Crippen molar-refractivity contribution in [3.8, 4) is 17.3 Å². The fraction of sp³-hybridized carbons (Fsp3) is 0.414. The maximum atomic E-state index is 16.0. The maximum absolute atomic E-state index is 16.0. The number of rotatable bonds is 7. The molecule has 2 N–H and O–H groups in total. The Morgan fingerprint density at radius 3 is 2.59 bits per heavy atom. The Morgan fingerprint density at radius 1 is 1.15 bits per heavy atom. The molecular formula is C29H31F3N4O3.